The van der Waals surface area contributed by atoms with Gasteiger partial charge in [-0.1, -0.05) is 12.1 Å². The number of aromatic hydroxyl groups is 1. The van der Waals surface area contributed by atoms with Gasteiger partial charge in [-0.15, -0.1) is 0 Å². The number of aromatic nitrogens is 2. The number of phenolic OH excluding ortho intramolecular Hbond substituents is 1. The Morgan fingerprint density at radius 1 is 1.45 bits per heavy atom. The summed E-state index contributed by atoms with van der Waals surface area (Å²) in [6.07, 6.45) is 3.33. The summed E-state index contributed by atoms with van der Waals surface area (Å²) in [5.41, 5.74) is 1.64. The Morgan fingerprint density at radius 3 is 2.80 bits per heavy atom. The summed E-state index contributed by atoms with van der Waals surface area (Å²) in [6.45, 7) is 1.68. The summed E-state index contributed by atoms with van der Waals surface area (Å²) in [5, 5.41) is 19.0. The van der Waals surface area contributed by atoms with E-state index in [0.29, 0.717) is 17.0 Å². The molecule has 0 aliphatic rings. The quantitative estimate of drug-likeness (QED) is 0.721. The number of imidazole rings is 1. The lowest BCUT2D eigenvalue weighted by Crippen LogP contribution is -2.22. The number of benzene rings is 1. The summed E-state index contributed by atoms with van der Waals surface area (Å²) in [6, 6.07) is 5.76. The third-order valence-corrected chi connectivity index (χ3v) is 2.89. The molecule has 1 unspecified atom stereocenters. The molecule has 104 valence electrons. The number of carboxylic acid groups (broad SMARTS) is 1. The van der Waals surface area contributed by atoms with Crippen LogP contribution in [0.3, 0.4) is 0 Å². The van der Waals surface area contributed by atoms with Gasteiger partial charge in [0.15, 0.2) is 6.04 Å². The standard InChI is InChI=1S/C14H15N3O3/c1-9(11-4-2-3-5-13(11)18)17-12(14(19)20)6-10-7-15-8-16-10/h2-5,7-8,12,18H,6H2,1H3,(H,15,16)(H,19,20)/b17-9+. The van der Waals surface area contributed by atoms with Crippen LogP contribution < -0.4 is 0 Å². The molecule has 0 saturated carbocycles. The summed E-state index contributed by atoms with van der Waals surface area (Å²) >= 11 is 0. The lowest BCUT2D eigenvalue weighted by atomic mass is 10.1. The first-order valence-corrected chi connectivity index (χ1v) is 6.11. The number of aliphatic imine (C=N–C) groups is 1. The van der Waals surface area contributed by atoms with Crippen molar-refractivity contribution in [1.82, 2.24) is 9.97 Å². The number of nitrogens with one attached hydrogen (secondary N) is 1. The van der Waals surface area contributed by atoms with Crippen molar-refractivity contribution in [3.8, 4) is 5.75 Å². The zero-order chi connectivity index (χ0) is 14.5. The summed E-state index contributed by atoms with van der Waals surface area (Å²) in [4.78, 5) is 22.2. The predicted octanol–water partition coefficient (Wildman–Crippen LogP) is 1.62. The Bertz CT molecular complexity index is 620. The highest BCUT2D eigenvalue weighted by molar-refractivity contribution is 6.02. The number of rotatable bonds is 5. The Hall–Kier alpha value is -2.63. The molecule has 6 nitrogen and oxygen atoms in total. The van der Waals surface area contributed by atoms with Crippen molar-refractivity contribution in [2.75, 3.05) is 0 Å². The highest BCUT2D eigenvalue weighted by atomic mass is 16.4. The van der Waals surface area contributed by atoms with Crippen LogP contribution in [0.1, 0.15) is 18.2 Å². The predicted molar refractivity (Wildman–Crippen MR) is 74.0 cm³/mol. The largest absolute Gasteiger partial charge is 0.507 e. The van der Waals surface area contributed by atoms with E-state index in [9.17, 15) is 15.0 Å². The molecule has 1 aromatic heterocycles. The molecule has 1 atom stereocenters. The maximum absolute atomic E-state index is 11.3. The van der Waals surface area contributed by atoms with Crippen LogP contribution >= 0.6 is 0 Å². The molecule has 20 heavy (non-hydrogen) atoms. The topological polar surface area (TPSA) is 98.6 Å². The number of carbonyl (C=O) groups is 1. The maximum Gasteiger partial charge on any atom is 0.328 e. The average Bonchev–Trinajstić information content (AvgIpc) is 2.91. The first-order chi connectivity index (χ1) is 9.58. The normalized spacial score (nSPS) is 13.2. The third-order valence-electron chi connectivity index (χ3n) is 2.89. The number of aliphatic carboxylic acids is 1. The highest BCUT2D eigenvalue weighted by Gasteiger charge is 2.19. The Balaban J connectivity index is 2.24. The molecular formula is C14H15N3O3. The number of aromatic amines is 1. The Labute approximate surface area is 115 Å². The van der Waals surface area contributed by atoms with Gasteiger partial charge in [-0.05, 0) is 19.1 Å². The van der Waals surface area contributed by atoms with Crippen molar-refractivity contribution in [2.45, 2.75) is 19.4 Å². The average molecular weight is 273 g/mol. The number of carboxylic acids is 1. The van der Waals surface area contributed by atoms with Gasteiger partial charge in [0, 0.05) is 23.9 Å². The number of phenols is 1. The second kappa shape index (κ2) is 6.01. The molecule has 0 saturated heterocycles. The van der Waals surface area contributed by atoms with Crippen LogP contribution in [-0.2, 0) is 11.2 Å². The monoisotopic (exact) mass is 273 g/mol. The number of para-hydroxylation sites is 1. The second-order valence-corrected chi connectivity index (χ2v) is 4.35. The van der Waals surface area contributed by atoms with E-state index < -0.39 is 12.0 Å². The van der Waals surface area contributed by atoms with Gasteiger partial charge in [-0.25, -0.2) is 9.78 Å². The van der Waals surface area contributed by atoms with Crippen LogP contribution in [0, 0.1) is 0 Å². The van der Waals surface area contributed by atoms with Crippen LogP contribution in [0.5, 0.6) is 5.75 Å². The molecule has 1 aromatic carbocycles. The van der Waals surface area contributed by atoms with E-state index in [2.05, 4.69) is 15.0 Å². The van der Waals surface area contributed by atoms with Gasteiger partial charge in [-0.2, -0.15) is 0 Å². The van der Waals surface area contributed by atoms with Crippen LogP contribution in [0.4, 0.5) is 0 Å². The lowest BCUT2D eigenvalue weighted by molar-refractivity contribution is -0.138. The van der Waals surface area contributed by atoms with Crippen molar-refractivity contribution < 1.29 is 15.0 Å². The molecule has 0 spiro atoms. The number of H-pyrrole nitrogens is 1. The SMILES string of the molecule is C/C(=N\C(Cc1c[nH]cn1)C(=O)O)c1ccccc1O. The first-order valence-electron chi connectivity index (χ1n) is 6.11. The molecule has 2 aromatic rings. The Kier molecular flexibility index (Phi) is 4.14. The fourth-order valence-electron chi connectivity index (χ4n) is 1.87. The van der Waals surface area contributed by atoms with Gasteiger partial charge < -0.3 is 15.2 Å². The van der Waals surface area contributed by atoms with Crippen LogP contribution in [0.2, 0.25) is 0 Å². The van der Waals surface area contributed by atoms with E-state index in [-0.39, 0.29) is 12.2 Å². The van der Waals surface area contributed by atoms with Gasteiger partial charge in [0.1, 0.15) is 5.75 Å². The molecule has 3 N–H and O–H groups in total. The van der Waals surface area contributed by atoms with Gasteiger partial charge in [-0.3, -0.25) is 4.99 Å². The summed E-state index contributed by atoms with van der Waals surface area (Å²) in [7, 11) is 0. The molecular weight excluding hydrogens is 258 g/mol. The molecule has 0 aliphatic carbocycles. The van der Waals surface area contributed by atoms with Crippen LogP contribution in [-0.4, -0.2) is 37.9 Å². The van der Waals surface area contributed by atoms with Crippen molar-refractivity contribution >= 4 is 11.7 Å². The van der Waals surface area contributed by atoms with E-state index in [0.717, 1.165) is 0 Å². The minimum absolute atomic E-state index is 0.0812. The molecule has 1 heterocycles. The molecule has 0 bridgehead atoms. The zero-order valence-electron chi connectivity index (χ0n) is 10.9. The fourth-order valence-corrected chi connectivity index (χ4v) is 1.87. The fraction of sp³-hybridized carbons (Fsp3) is 0.214. The van der Waals surface area contributed by atoms with Crippen molar-refractivity contribution in [3.63, 3.8) is 0 Å². The minimum atomic E-state index is -1.03. The van der Waals surface area contributed by atoms with E-state index in [1.165, 1.54) is 12.4 Å². The molecule has 0 radical (unpaired) electrons. The molecule has 0 aliphatic heterocycles. The first kappa shape index (κ1) is 13.8. The lowest BCUT2D eigenvalue weighted by Gasteiger charge is -2.09. The third kappa shape index (κ3) is 3.23. The molecule has 2 rings (SSSR count). The maximum atomic E-state index is 11.3. The van der Waals surface area contributed by atoms with E-state index >= 15 is 0 Å². The number of nitrogens with zero attached hydrogens (tertiary/aromatic N) is 2. The highest BCUT2D eigenvalue weighted by Crippen LogP contribution is 2.17. The number of hydrogen-bond acceptors (Lipinski definition) is 4. The van der Waals surface area contributed by atoms with Crippen molar-refractivity contribution in [1.29, 1.82) is 0 Å². The minimum Gasteiger partial charge on any atom is -0.507 e. The Morgan fingerprint density at radius 2 is 2.20 bits per heavy atom. The van der Waals surface area contributed by atoms with E-state index in [4.69, 9.17) is 0 Å². The molecule has 0 fully saturated rings. The van der Waals surface area contributed by atoms with E-state index in [1.807, 2.05) is 0 Å². The van der Waals surface area contributed by atoms with Gasteiger partial charge in [0.2, 0.25) is 0 Å². The van der Waals surface area contributed by atoms with Crippen molar-refractivity contribution in [3.05, 3.63) is 48.0 Å². The van der Waals surface area contributed by atoms with Gasteiger partial charge >= 0.3 is 5.97 Å². The van der Waals surface area contributed by atoms with Crippen LogP contribution in [0.25, 0.3) is 0 Å². The number of hydrogen-bond donors (Lipinski definition) is 3. The molecule has 0 amide bonds. The zero-order valence-corrected chi connectivity index (χ0v) is 10.9. The summed E-state index contributed by atoms with van der Waals surface area (Å²) in [5.74, 6) is -0.944. The second-order valence-electron chi connectivity index (χ2n) is 4.35. The van der Waals surface area contributed by atoms with Crippen LogP contribution in [0.15, 0.2) is 41.8 Å². The van der Waals surface area contributed by atoms with Gasteiger partial charge in [0.05, 0.1) is 12.0 Å². The van der Waals surface area contributed by atoms with Gasteiger partial charge in [0.25, 0.3) is 0 Å². The molecule has 6 heteroatoms. The smallest absolute Gasteiger partial charge is 0.328 e. The van der Waals surface area contributed by atoms with Crippen molar-refractivity contribution in [2.24, 2.45) is 4.99 Å². The summed E-state index contributed by atoms with van der Waals surface area (Å²) < 4.78 is 0. The van der Waals surface area contributed by atoms with E-state index in [1.54, 1.807) is 31.3 Å².